The molecule has 0 aliphatic rings. The zero-order valence-corrected chi connectivity index (χ0v) is 11.0. The van der Waals surface area contributed by atoms with E-state index in [9.17, 15) is 4.39 Å². The minimum atomic E-state index is -0.513. The highest BCUT2D eigenvalue weighted by Gasteiger charge is 2.07. The second-order valence-corrected chi connectivity index (χ2v) is 4.70. The molecule has 0 unspecified atom stereocenters. The molecule has 2 aromatic carbocycles. The van der Waals surface area contributed by atoms with Crippen LogP contribution in [0.3, 0.4) is 0 Å². The fourth-order valence-corrected chi connectivity index (χ4v) is 1.85. The van der Waals surface area contributed by atoms with Gasteiger partial charge in [0.1, 0.15) is 5.82 Å². The monoisotopic (exact) mass is 264 g/mol. The van der Waals surface area contributed by atoms with Crippen molar-refractivity contribution in [1.82, 2.24) is 0 Å². The molecule has 18 heavy (non-hydrogen) atoms. The van der Waals surface area contributed by atoms with E-state index in [1.54, 1.807) is 0 Å². The van der Waals surface area contributed by atoms with Crippen LogP contribution in [0.5, 0.6) is 0 Å². The molecule has 4 heteroatoms. The molecule has 2 aromatic rings. The molecule has 3 N–H and O–H groups in total. The molecule has 0 saturated heterocycles. The van der Waals surface area contributed by atoms with Gasteiger partial charge in [-0.3, -0.25) is 0 Å². The molecule has 0 aliphatic heterocycles. The minimum absolute atomic E-state index is 0.0528. The van der Waals surface area contributed by atoms with Crippen LogP contribution < -0.4 is 11.1 Å². The van der Waals surface area contributed by atoms with E-state index in [4.69, 9.17) is 17.3 Å². The largest absolute Gasteiger partial charge is 0.397 e. The molecule has 2 nitrogen and oxygen atoms in total. The lowest BCUT2D eigenvalue weighted by molar-refractivity contribution is 0.629. The highest BCUT2D eigenvalue weighted by molar-refractivity contribution is 6.31. The van der Waals surface area contributed by atoms with Gasteiger partial charge in [0, 0.05) is 11.8 Å². The summed E-state index contributed by atoms with van der Waals surface area (Å²) < 4.78 is 13.2. The van der Waals surface area contributed by atoms with E-state index in [-0.39, 0.29) is 5.02 Å². The number of nitrogens with two attached hydrogens (primary N) is 1. The van der Waals surface area contributed by atoms with Crippen LogP contribution >= 0.6 is 11.6 Å². The van der Waals surface area contributed by atoms with Gasteiger partial charge in [0.15, 0.2) is 0 Å². The van der Waals surface area contributed by atoms with E-state index in [0.29, 0.717) is 11.4 Å². The van der Waals surface area contributed by atoms with Gasteiger partial charge < -0.3 is 11.1 Å². The first-order valence-corrected chi connectivity index (χ1v) is 5.94. The van der Waals surface area contributed by atoms with Gasteiger partial charge in [-0.2, -0.15) is 0 Å². The quantitative estimate of drug-likeness (QED) is 0.788. The average Bonchev–Trinajstić information content (AvgIpc) is 2.30. The molecule has 94 valence electrons. The fourth-order valence-electron chi connectivity index (χ4n) is 1.69. The first kappa shape index (κ1) is 12.7. The number of hydrogen-bond donors (Lipinski definition) is 2. The summed E-state index contributed by atoms with van der Waals surface area (Å²) in [7, 11) is 0. The molecule has 0 amide bonds. The molecule has 0 heterocycles. The summed E-state index contributed by atoms with van der Waals surface area (Å²) in [5.74, 6) is -0.513. The molecule has 0 radical (unpaired) electrons. The Hall–Kier alpha value is -1.74. The van der Waals surface area contributed by atoms with Crippen LogP contribution in [0, 0.1) is 19.7 Å². The van der Waals surface area contributed by atoms with Gasteiger partial charge in [-0.25, -0.2) is 4.39 Å². The van der Waals surface area contributed by atoms with Crippen LogP contribution in [0.1, 0.15) is 11.1 Å². The third kappa shape index (κ3) is 2.57. The molecule has 0 spiro atoms. The number of hydrogen-bond acceptors (Lipinski definition) is 2. The van der Waals surface area contributed by atoms with Gasteiger partial charge in [0.05, 0.1) is 16.4 Å². The number of aryl methyl sites for hydroxylation is 2. The summed E-state index contributed by atoms with van der Waals surface area (Å²) in [5, 5.41) is 3.23. The summed E-state index contributed by atoms with van der Waals surface area (Å²) >= 11 is 5.75. The van der Waals surface area contributed by atoms with Gasteiger partial charge in [0.2, 0.25) is 0 Å². The SMILES string of the molecule is Cc1ccc(C)c(Nc2cc(Cl)c(F)cc2N)c1. The van der Waals surface area contributed by atoms with E-state index in [1.165, 1.54) is 12.1 Å². The number of nitrogen functional groups attached to an aromatic ring is 1. The van der Waals surface area contributed by atoms with Crippen molar-refractivity contribution in [2.45, 2.75) is 13.8 Å². The van der Waals surface area contributed by atoms with E-state index >= 15 is 0 Å². The Morgan fingerprint density at radius 2 is 1.83 bits per heavy atom. The van der Waals surface area contributed by atoms with Crippen LogP contribution in [-0.4, -0.2) is 0 Å². The third-order valence-corrected chi connectivity index (χ3v) is 3.04. The smallest absolute Gasteiger partial charge is 0.143 e. The van der Waals surface area contributed by atoms with Gasteiger partial charge >= 0.3 is 0 Å². The number of rotatable bonds is 2. The van der Waals surface area contributed by atoms with Crippen molar-refractivity contribution in [1.29, 1.82) is 0 Å². The standard InChI is InChI=1S/C14H14ClFN2/c1-8-3-4-9(2)13(5-8)18-14-6-10(15)11(16)7-12(14)17/h3-7,18H,17H2,1-2H3. The summed E-state index contributed by atoms with van der Waals surface area (Å²) in [5.41, 5.74) is 9.86. The molecule has 0 bridgehead atoms. The van der Waals surface area contributed by atoms with Crippen molar-refractivity contribution in [3.05, 3.63) is 52.3 Å². The summed E-state index contributed by atoms with van der Waals surface area (Å²) in [6.07, 6.45) is 0. The first-order valence-electron chi connectivity index (χ1n) is 5.56. The lowest BCUT2D eigenvalue weighted by atomic mass is 10.1. The van der Waals surface area contributed by atoms with Gasteiger partial charge in [0.25, 0.3) is 0 Å². The molecular weight excluding hydrogens is 251 g/mol. The maximum atomic E-state index is 13.2. The molecule has 2 rings (SSSR count). The fraction of sp³-hybridized carbons (Fsp3) is 0.143. The van der Waals surface area contributed by atoms with Gasteiger partial charge in [-0.1, -0.05) is 23.7 Å². The third-order valence-electron chi connectivity index (χ3n) is 2.75. The zero-order valence-electron chi connectivity index (χ0n) is 10.2. The highest BCUT2D eigenvalue weighted by Crippen LogP contribution is 2.30. The maximum Gasteiger partial charge on any atom is 0.143 e. The molecular formula is C14H14ClFN2. The Labute approximate surface area is 111 Å². The van der Waals surface area contributed by atoms with Crippen LogP contribution in [0.4, 0.5) is 21.5 Å². The van der Waals surface area contributed by atoms with E-state index in [1.807, 2.05) is 32.0 Å². The van der Waals surface area contributed by atoms with Crippen molar-refractivity contribution in [2.24, 2.45) is 0 Å². The van der Waals surface area contributed by atoms with Crippen LogP contribution in [0.25, 0.3) is 0 Å². The summed E-state index contributed by atoms with van der Waals surface area (Å²) in [4.78, 5) is 0. The van der Waals surface area contributed by atoms with Crippen LogP contribution in [-0.2, 0) is 0 Å². The first-order chi connectivity index (χ1) is 8.47. The second-order valence-electron chi connectivity index (χ2n) is 4.30. The van der Waals surface area contributed by atoms with Crippen molar-refractivity contribution >= 4 is 28.7 Å². The van der Waals surface area contributed by atoms with Crippen molar-refractivity contribution in [3.63, 3.8) is 0 Å². The number of nitrogens with one attached hydrogen (secondary N) is 1. The lowest BCUT2D eigenvalue weighted by Crippen LogP contribution is -1.99. The predicted molar refractivity (Wildman–Crippen MR) is 75.0 cm³/mol. The Morgan fingerprint density at radius 1 is 1.11 bits per heavy atom. The van der Waals surface area contributed by atoms with Crippen LogP contribution in [0.15, 0.2) is 30.3 Å². The van der Waals surface area contributed by atoms with Crippen molar-refractivity contribution in [3.8, 4) is 0 Å². The average molecular weight is 265 g/mol. The molecule has 0 aromatic heterocycles. The Bertz CT molecular complexity index is 597. The molecule has 0 fully saturated rings. The number of benzene rings is 2. The molecule has 0 saturated carbocycles. The normalized spacial score (nSPS) is 10.4. The topological polar surface area (TPSA) is 38.0 Å². The predicted octanol–water partition coefficient (Wildman–Crippen LogP) is 4.42. The van der Waals surface area contributed by atoms with Crippen LogP contribution in [0.2, 0.25) is 5.02 Å². The minimum Gasteiger partial charge on any atom is -0.397 e. The van der Waals surface area contributed by atoms with E-state index < -0.39 is 5.82 Å². The number of halogens is 2. The van der Waals surface area contributed by atoms with Crippen molar-refractivity contribution in [2.75, 3.05) is 11.1 Å². The van der Waals surface area contributed by atoms with Gasteiger partial charge in [-0.05, 0) is 37.1 Å². The molecule has 0 atom stereocenters. The molecule has 0 aliphatic carbocycles. The maximum absolute atomic E-state index is 13.2. The zero-order chi connectivity index (χ0) is 13.3. The summed E-state index contributed by atoms with van der Waals surface area (Å²) in [6.45, 7) is 3.99. The highest BCUT2D eigenvalue weighted by atomic mass is 35.5. The Kier molecular flexibility index (Phi) is 3.43. The number of anilines is 3. The van der Waals surface area contributed by atoms with E-state index in [0.717, 1.165) is 16.8 Å². The summed E-state index contributed by atoms with van der Waals surface area (Å²) in [6, 6.07) is 8.76. The van der Waals surface area contributed by atoms with Gasteiger partial charge in [-0.15, -0.1) is 0 Å². The Balaban J connectivity index is 2.40. The van der Waals surface area contributed by atoms with E-state index in [2.05, 4.69) is 5.32 Å². The second kappa shape index (κ2) is 4.86. The van der Waals surface area contributed by atoms with Crippen molar-refractivity contribution < 1.29 is 4.39 Å². The lowest BCUT2D eigenvalue weighted by Gasteiger charge is -2.13. The Morgan fingerprint density at radius 3 is 2.56 bits per heavy atom.